The lowest BCUT2D eigenvalue weighted by Gasteiger charge is -2.30. The Morgan fingerprint density at radius 2 is 1.91 bits per heavy atom. The van der Waals surface area contributed by atoms with Gasteiger partial charge in [0, 0.05) is 28.2 Å². The first-order valence-electron chi connectivity index (χ1n) is 10.8. The molecule has 1 aliphatic rings. The summed E-state index contributed by atoms with van der Waals surface area (Å²) in [5.41, 5.74) is 0.377. The van der Waals surface area contributed by atoms with Crippen LogP contribution in [0.2, 0.25) is 5.02 Å². The topological polar surface area (TPSA) is 79.8 Å². The molecule has 33 heavy (non-hydrogen) atoms. The molecule has 0 atom stereocenters. The number of nitrogens with one attached hydrogen (secondary N) is 2. The van der Waals surface area contributed by atoms with Gasteiger partial charge >= 0.3 is 6.18 Å². The normalized spacial score (nSPS) is 18.9. The summed E-state index contributed by atoms with van der Waals surface area (Å²) >= 11 is 7.18. The zero-order valence-corrected chi connectivity index (χ0v) is 19.4. The molecule has 1 fully saturated rings. The van der Waals surface area contributed by atoms with E-state index in [1.807, 2.05) is 6.92 Å². The Balaban J connectivity index is 1.43. The summed E-state index contributed by atoms with van der Waals surface area (Å²) < 4.78 is 44.0. The van der Waals surface area contributed by atoms with Crippen molar-refractivity contribution in [2.45, 2.75) is 63.7 Å². The number of carbonyl (C=O) groups excluding carboxylic acids is 1. The van der Waals surface area contributed by atoms with E-state index in [-0.39, 0.29) is 23.5 Å². The monoisotopic (exact) mass is 497 g/mol. The minimum absolute atomic E-state index is 0.00138. The van der Waals surface area contributed by atoms with Crippen LogP contribution >= 0.6 is 23.1 Å². The molecule has 0 radical (unpaired) electrons. The summed E-state index contributed by atoms with van der Waals surface area (Å²) in [6.45, 7) is 2.02. The number of halogens is 4. The zero-order valence-electron chi connectivity index (χ0n) is 17.9. The van der Waals surface area contributed by atoms with Gasteiger partial charge in [-0.25, -0.2) is 4.98 Å². The predicted octanol–water partition coefficient (Wildman–Crippen LogP) is 5.86. The maximum atomic E-state index is 13.4. The van der Waals surface area contributed by atoms with Crippen LogP contribution in [0.25, 0.3) is 10.9 Å². The molecule has 0 unspecified atom stereocenters. The second-order valence-electron chi connectivity index (χ2n) is 8.18. The van der Waals surface area contributed by atoms with E-state index in [1.54, 1.807) is 6.07 Å². The number of pyridine rings is 1. The number of hydrogen-bond donors (Lipinski definition) is 2. The van der Waals surface area contributed by atoms with Crippen molar-refractivity contribution < 1.29 is 18.0 Å². The molecule has 1 saturated carbocycles. The van der Waals surface area contributed by atoms with Crippen LogP contribution in [0, 0.1) is 0 Å². The Morgan fingerprint density at radius 1 is 1.18 bits per heavy atom. The molecule has 0 saturated heterocycles. The molecular weight excluding hydrogens is 475 g/mol. The van der Waals surface area contributed by atoms with Crippen LogP contribution in [0.3, 0.4) is 0 Å². The number of fused-ring (bicyclic) bond motifs is 1. The van der Waals surface area contributed by atoms with Crippen molar-refractivity contribution in [3.63, 3.8) is 0 Å². The van der Waals surface area contributed by atoms with Crippen molar-refractivity contribution in [2.24, 2.45) is 0 Å². The highest BCUT2D eigenvalue weighted by Crippen LogP contribution is 2.35. The van der Waals surface area contributed by atoms with Crippen molar-refractivity contribution >= 4 is 45.6 Å². The molecule has 3 aromatic rings. The molecule has 1 aliphatic carbocycles. The van der Waals surface area contributed by atoms with Crippen molar-refractivity contribution in [1.29, 1.82) is 0 Å². The highest BCUT2D eigenvalue weighted by molar-refractivity contribution is 7.08. The number of alkyl halides is 3. The Labute approximate surface area is 198 Å². The van der Waals surface area contributed by atoms with Crippen molar-refractivity contribution in [3.8, 4) is 0 Å². The maximum absolute atomic E-state index is 13.4. The van der Waals surface area contributed by atoms with Crippen LogP contribution in [-0.4, -0.2) is 32.6 Å². The molecular formula is C22H23ClF3N5OS. The van der Waals surface area contributed by atoms with Crippen molar-refractivity contribution in [3.05, 3.63) is 45.6 Å². The summed E-state index contributed by atoms with van der Waals surface area (Å²) in [5.74, 6) is -0.158. The predicted molar refractivity (Wildman–Crippen MR) is 123 cm³/mol. The molecule has 0 aliphatic heterocycles. The fourth-order valence-electron chi connectivity index (χ4n) is 4.10. The van der Waals surface area contributed by atoms with Gasteiger partial charge in [0.1, 0.15) is 10.6 Å². The van der Waals surface area contributed by atoms with E-state index in [9.17, 15) is 18.0 Å². The molecule has 0 bridgehead atoms. The molecule has 2 aromatic heterocycles. The van der Waals surface area contributed by atoms with Crippen LogP contribution in [-0.2, 0) is 12.6 Å². The SMILES string of the molecule is CCCc1nnsc1C(=O)NC1CCC(Nc2cc(C(F)(F)F)nc3ccc(Cl)cc23)CC1. The maximum Gasteiger partial charge on any atom is 0.433 e. The van der Waals surface area contributed by atoms with Gasteiger partial charge in [-0.15, -0.1) is 5.10 Å². The summed E-state index contributed by atoms with van der Waals surface area (Å²) in [6.07, 6.45) is -0.107. The Bertz CT molecular complexity index is 1140. The first kappa shape index (κ1) is 23.7. The number of amides is 1. The Hall–Kier alpha value is -2.46. The van der Waals surface area contributed by atoms with Gasteiger partial charge in [0.2, 0.25) is 0 Å². The first-order valence-corrected chi connectivity index (χ1v) is 12.0. The van der Waals surface area contributed by atoms with Gasteiger partial charge < -0.3 is 10.6 Å². The average Bonchev–Trinajstić information content (AvgIpc) is 3.23. The summed E-state index contributed by atoms with van der Waals surface area (Å²) in [5, 5.41) is 11.3. The number of nitrogens with zero attached hydrogens (tertiary/aromatic N) is 3. The highest BCUT2D eigenvalue weighted by Gasteiger charge is 2.34. The smallest absolute Gasteiger partial charge is 0.382 e. The number of benzene rings is 1. The first-order chi connectivity index (χ1) is 15.7. The lowest BCUT2D eigenvalue weighted by Crippen LogP contribution is -2.40. The zero-order chi connectivity index (χ0) is 23.6. The van der Waals surface area contributed by atoms with E-state index < -0.39 is 11.9 Å². The lowest BCUT2D eigenvalue weighted by atomic mass is 9.90. The van der Waals surface area contributed by atoms with E-state index >= 15 is 0 Å². The van der Waals surface area contributed by atoms with Crippen LogP contribution in [0.4, 0.5) is 18.9 Å². The van der Waals surface area contributed by atoms with E-state index in [0.717, 1.165) is 29.7 Å². The molecule has 6 nitrogen and oxygen atoms in total. The molecule has 2 heterocycles. The fraction of sp³-hybridized carbons (Fsp3) is 0.455. The van der Waals surface area contributed by atoms with E-state index in [0.29, 0.717) is 53.1 Å². The minimum Gasteiger partial charge on any atom is -0.382 e. The molecule has 0 spiro atoms. The van der Waals surface area contributed by atoms with E-state index in [2.05, 4.69) is 25.2 Å². The third kappa shape index (κ3) is 5.55. The fourth-order valence-corrected chi connectivity index (χ4v) is 4.88. The molecule has 2 N–H and O–H groups in total. The third-order valence-corrected chi connectivity index (χ3v) is 6.73. The van der Waals surface area contributed by atoms with Gasteiger partial charge in [0.15, 0.2) is 0 Å². The third-order valence-electron chi connectivity index (χ3n) is 5.73. The number of aryl methyl sites for hydroxylation is 1. The van der Waals surface area contributed by atoms with Crippen LogP contribution in [0.1, 0.15) is 60.1 Å². The average molecular weight is 498 g/mol. The standard InChI is InChI=1S/C22H23ClF3N5OS/c1-2-3-17-20(33-31-30-17)21(32)28-14-7-5-13(6-8-14)27-18-11-19(22(24,25)26)29-16-9-4-12(23)10-15(16)18/h4,9-11,13-14H,2-3,5-8H2,1H3,(H,27,29)(H,28,32). The van der Waals surface area contributed by atoms with Gasteiger partial charge in [-0.05, 0) is 67.9 Å². The quantitative estimate of drug-likeness (QED) is 0.445. The van der Waals surface area contributed by atoms with Gasteiger partial charge in [-0.2, -0.15) is 13.2 Å². The highest BCUT2D eigenvalue weighted by atomic mass is 35.5. The van der Waals surface area contributed by atoms with Gasteiger partial charge in [0.05, 0.1) is 11.2 Å². The summed E-state index contributed by atoms with van der Waals surface area (Å²) in [7, 11) is 0. The van der Waals surface area contributed by atoms with Crippen LogP contribution in [0.5, 0.6) is 0 Å². The summed E-state index contributed by atoms with van der Waals surface area (Å²) in [4.78, 5) is 16.9. The number of aromatic nitrogens is 3. The number of hydrogen-bond acceptors (Lipinski definition) is 6. The van der Waals surface area contributed by atoms with Gasteiger partial charge in [-0.1, -0.05) is 29.4 Å². The number of anilines is 1. The van der Waals surface area contributed by atoms with Crippen LogP contribution in [0.15, 0.2) is 24.3 Å². The van der Waals surface area contributed by atoms with Crippen molar-refractivity contribution in [2.75, 3.05) is 5.32 Å². The van der Waals surface area contributed by atoms with Crippen LogP contribution < -0.4 is 10.6 Å². The summed E-state index contributed by atoms with van der Waals surface area (Å²) in [6, 6.07) is 5.66. The van der Waals surface area contributed by atoms with Crippen molar-refractivity contribution in [1.82, 2.24) is 19.9 Å². The molecule has 1 aromatic carbocycles. The molecule has 1 amide bonds. The number of rotatable bonds is 6. The second-order valence-corrected chi connectivity index (χ2v) is 9.37. The number of carbonyl (C=O) groups is 1. The van der Waals surface area contributed by atoms with E-state index in [1.165, 1.54) is 12.1 Å². The Morgan fingerprint density at radius 3 is 2.61 bits per heavy atom. The largest absolute Gasteiger partial charge is 0.433 e. The van der Waals surface area contributed by atoms with E-state index in [4.69, 9.17) is 11.6 Å². The lowest BCUT2D eigenvalue weighted by molar-refractivity contribution is -0.140. The molecule has 4 rings (SSSR count). The van der Waals surface area contributed by atoms with Gasteiger partial charge in [-0.3, -0.25) is 4.79 Å². The molecule has 11 heteroatoms. The Kier molecular flexibility index (Phi) is 7.04. The molecule has 176 valence electrons. The minimum atomic E-state index is -4.55. The second kappa shape index (κ2) is 9.80. The van der Waals surface area contributed by atoms with Gasteiger partial charge in [0.25, 0.3) is 5.91 Å².